The van der Waals surface area contributed by atoms with Gasteiger partial charge in [0.2, 0.25) is 0 Å². The monoisotopic (exact) mass is 484 g/mol. The van der Waals surface area contributed by atoms with E-state index >= 15 is 0 Å². The number of rotatable bonds is 6. The van der Waals surface area contributed by atoms with Crippen LogP contribution in [0.3, 0.4) is 0 Å². The maximum atomic E-state index is 11.8. The Morgan fingerprint density at radius 3 is 2.48 bits per heavy atom. The smallest absolute Gasteiger partial charge is 0.393 e. The van der Waals surface area contributed by atoms with Crippen LogP contribution in [0.5, 0.6) is 0 Å². The Balaban J connectivity index is 1.36. The normalized spacial score (nSPS) is 52.2. The molecule has 0 aromatic carbocycles. The summed E-state index contributed by atoms with van der Waals surface area (Å²) < 4.78 is 15.7. The van der Waals surface area contributed by atoms with E-state index in [0.29, 0.717) is 41.9 Å². The third kappa shape index (κ3) is 3.73. The van der Waals surface area contributed by atoms with E-state index in [1.54, 1.807) is 0 Å². The van der Waals surface area contributed by atoms with E-state index in [4.69, 9.17) is 14.3 Å². The van der Waals surface area contributed by atoms with Gasteiger partial charge in [-0.05, 0) is 122 Å². The van der Waals surface area contributed by atoms with Gasteiger partial charge in [-0.1, -0.05) is 20.8 Å². The lowest BCUT2D eigenvalue weighted by Gasteiger charge is -2.51. The van der Waals surface area contributed by atoms with Crippen LogP contribution in [-0.4, -0.2) is 38.8 Å². The zero-order valence-electron chi connectivity index (χ0n) is 20.7. The van der Waals surface area contributed by atoms with Gasteiger partial charge in [-0.3, -0.25) is 4.52 Å². The number of phosphoric acid groups is 1. The van der Waals surface area contributed by atoms with Crippen LogP contribution >= 0.6 is 7.82 Å². The fraction of sp³-hybridized carbons (Fsp3) is 1.00. The molecule has 5 aliphatic carbocycles. The van der Waals surface area contributed by atoms with Crippen LogP contribution in [0.15, 0.2) is 0 Å². The number of fused-ring (bicyclic) bond motifs is 3. The quantitative estimate of drug-likeness (QED) is 0.316. The van der Waals surface area contributed by atoms with Crippen molar-refractivity contribution in [2.24, 2.45) is 51.8 Å². The minimum atomic E-state index is -4.39. The Hall–Kier alpha value is 0.0300. The predicted octanol–water partition coefficient (Wildman–Crippen LogP) is 4.89. The van der Waals surface area contributed by atoms with Crippen LogP contribution in [0, 0.1) is 51.8 Å². The van der Waals surface area contributed by atoms with Crippen LogP contribution in [0.2, 0.25) is 0 Å². The largest absolute Gasteiger partial charge is 0.469 e. The first-order valence-corrected chi connectivity index (χ1v) is 15.0. The standard InChI is InChI=1S/C26H45O6P/c1-16(5-4-14-32-33(29,30)31)19-10-13-26-20-7-6-17-15-18(27)8-11-24(17,2)21(23(28)22(20)26)9-12-25(19,26)3/h16-23,27-28H,4-15H2,1-3H3,(H2,29,30,31)/t16-,17+,18+,19-,20?,21+,22?,23+,24+,25-,26+/m1/s1. The van der Waals surface area contributed by atoms with Crippen molar-refractivity contribution in [3.8, 4) is 0 Å². The zero-order valence-corrected chi connectivity index (χ0v) is 21.6. The Morgan fingerprint density at radius 1 is 1.00 bits per heavy atom. The first kappa shape index (κ1) is 24.7. The molecule has 0 aliphatic heterocycles. The van der Waals surface area contributed by atoms with E-state index in [0.717, 1.165) is 32.1 Å². The highest BCUT2D eigenvalue weighted by atomic mass is 31.2. The van der Waals surface area contributed by atoms with Gasteiger partial charge in [0.15, 0.2) is 0 Å². The van der Waals surface area contributed by atoms with E-state index in [-0.39, 0.29) is 35.1 Å². The molecule has 0 saturated heterocycles. The van der Waals surface area contributed by atoms with Crippen LogP contribution < -0.4 is 0 Å². The summed E-state index contributed by atoms with van der Waals surface area (Å²) in [6.07, 6.45) is 11.2. The van der Waals surface area contributed by atoms with Gasteiger partial charge in [0.1, 0.15) is 0 Å². The molecule has 0 heterocycles. The number of hydrogen-bond donors (Lipinski definition) is 4. The molecule has 0 amide bonds. The topological polar surface area (TPSA) is 107 Å². The van der Waals surface area contributed by atoms with Gasteiger partial charge in [-0.15, -0.1) is 0 Å². The summed E-state index contributed by atoms with van der Waals surface area (Å²) in [6, 6.07) is 0. The van der Waals surface area contributed by atoms with Gasteiger partial charge in [-0.2, -0.15) is 0 Å². The van der Waals surface area contributed by atoms with Gasteiger partial charge in [0.25, 0.3) is 0 Å². The molecule has 7 heteroatoms. The second-order valence-electron chi connectivity index (χ2n) is 13.0. The molecular weight excluding hydrogens is 439 g/mol. The lowest BCUT2D eigenvalue weighted by molar-refractivity contribution is -0.0842. The van der Waals surface area contributed by atoms with Gasteiger partial charge in [0, 0.05) is 0 Å². The molecule has 6 nitrogen and oxygen atoms in total. The maximum Gasteiger partial charge on any atom is 0.469 e. The third-order valence-corrected chi connectivity index (χ3v) is 12.5. The highest BCUT2D eigenvalue weighted by molar-refractivity contribution is 7.46. The van der Waals surface area contributed by atoms with Crippen LogP contribution in [0.4, 0.5) is 0 Å². The number of aliphatic hydroxyl groups excluding tert-OH is 2. The highest BCUT2D eigenvalue weighted by Crippen LogP contribution is 2.83. The summed E-state index contributed by atoms with van der Waals surface area (Å²) in [7, 11) is -4.39. The Morgan fingerprint density at radius 2 is 1.76 bits per heavy atom. The first-order chi connectivity index (χ1) is 15.4. The second kappa shape index (κ2) is 8.28. The molecule has 5 aliphatic rings. The molecule has 4 N–H and O–H groups in total. The predicted molar refractivity (Wildman–Crippen MR) is 126 cm³/mol. The summed E-state index contributed by atoms with van der Waals surface area (Å²) in [6.45, 7) is 7.39. The van der Waals surface area contributed by atoms with Crippen molar-refractivity contribution < 1.29 is 29.1 Å². The van der Waals surface area contributed by atoms with Gasteiger partial charge < -0.3 is 20.0 Å². The SMILES string of the molecule is C[C@H](CCCOP(=O)(O)O)[C@H]1CC[C@@]23C4CC[C@H]5C[C@@H](O)CC[C@]5(C)[C@@H](CC[C@]12C)[C@H](O)C43. The number of aliphatic hydroxyl groups is 2. The summed E-state index contributed by atoms with van der Waals surface area (Å²) in [5.41, 5.74) is 0.646. The molecular formula is C26H45O6P. The summed E-state index contributed by atoms with van der Waals surface area (Å²) >= 11 is 0. The fourth-order valence-electron chi connectivity index (χ4n) is 10.5. The molecule has 2 unspecified atom stereocenters. The molecule has 0 aromatic heterocycles. The Labute approximate surface area is 199 Å². The van der Waals surface area contributed by atoms with Crippen molar-refractivity contribution in [1.29, 1.82) is 0 Å². The van der Waals surface area contributed by atoms with E-state index in [1.165, 1.54) is 32.1 Å². The molecule has 0 radical (unpaired) electrons. The fourth-order valence-corrected chi connectivity index (χ4v) is 10.8. The van der Waals surface area contributed by atoms with Crippen LogP contribution in [-0.2, 0) is 9.09 Å². The minimum absolute atomic E-state index is 0.112. The van der Waals surface area contributed by atoms with Crippen molar-refractivity contribution in [1.82, 2.24) is 0 Å². The van der Waals surface area contributed by atoms with Crippen LogP contribution in [0.1, 0.15) is 91.4 Å². The molecule has 5 saturated carbocycles. The second-order valence-corrected chi connectivity index (χ2v) is 14.3. The molecule has 1 spiro atoms. The maximum absolute atomic E-state index is 11.8. The zero-order chi connectivity index (χ0) is 23.8. The van der Waals surface area contributed by atoms with Gasteiger partial charge in [0.05, 0.1) is 18.8 Å². The van der Waals surface area contributed by atoms with E-state index in [9.17, 15) is 14.8 Å². The molecule has 5 fully saturated rings. The van der Waals surface area contributed by atoms with Crippen molar-refractivity contribution >= 4 is 7.82 Å². The van der Waals surface area contributed by atoms with Gasteiger partial charge in [-0.25, -0.2) is 4.57 Å². The number of hydrogen-bond acceptors (Lipinski definition) is 4. The van der Waals surface area contributed by atoms with E-state index in [2.05, 4.69) is 20.8 Å². The van der Waals surface area contributed by atoms with E-state index in [1.807, 2.05) is 0 Å². The lowest BCUT2D eigenvalue weighted by Crippen LogP contribution is -2.47. The minimum Gasteiger partial charge on any atom is -0.393 e. The van der Waals surface area contributed by atoms with E-state index < -0.39 is 7.82 Å². The van der Waals surface area contributed by atoms with Crippen molar-refractivity contribution in [2.45, 2.75) is 104 Å². The summed E-state index contributed by atoms with van der Waals surface area (Å²) in [4.78, 5) is 17.9. The lowest BCUT2D eigenvalue weighted by atomic mass is 9.54. The average Bonchev–Trinajstić information content (AvgIpc) is 3.31. The van der Waals surface area contributed by atoms with Crippen molar-refractivity contribution in [2.75, 3.05) is 6.61 Å². The Kier molecular flexibility index (Phi) is 6.20. The molecule has 0 aromatic rings. The molecule has 190 valence electrons. The van der Waals surface area contributed by atoms with Crippen LogP contribution in [0.25, 0.3) is 0 Å². The molecule has 5 rings (SSSR count). The average molecular weight is 485 g/mol. The molecule has 11 atom stereocenters. The molecule has 33 heavy (non-hydrogen) atoms. The van der Waals surface area contributed by atoms with Crippen molar-refractivity contribution in [3.05, 3.63) is 0 Å². The highest BCUT2D eigenvalue weighted by Gasteiger charge is 2.79. The number of phosphoric ester groups is 1. The third-order valence-electron chi connectivity index (χ3n) is 12.0. The summed E-state index contributed by atoms with van der Waals surface area (Å²) in [5.74, 6) is 3.03. The molecule has 2 bridgehead atoms. The van der Waals surface area contributed by atoms with Crippen molar-refractivity contribution in [3.63, 3.8) is 0 Å². The summed E-state index contributed by atoms with van der Waals surface area (Å²) in [5, 5.41) is 22.2. The Bertz CT molecular complexity index is 800. The first-order valence-electron chi connectivity index (χ1n) is 13.5. The van der Waals surface area contributed by atoms with Gasteiger partial charge >= 0.3 is 7.82 Å².